The van der Waals surface area contributed by atoms with Gasteiger partial charge in [0.1, 0.15) is 16.5 Å². The Morgan fingerprint density at radius 2 is 1.85 bits per heavy atom. The predicted octanol–water partition coefficient (Wildman–Crippen LogP) is 2.99. The van der Waals surface area contributed by atoms with Crippen molar-refractivity contribution < 1.29 is 13.2 Å². The lowest BCUT2D eigenvalue weighted by Gasteiger charge is -2.10. The van der Waals surface area contributed by atoms with Gasteiger partial charge in [0, 0.05) is 0 Å². The van der Waals surface area contributed by atoms with Gasteiger partial charge in [-0.15, -0.1) is 0 Å². The second kappa shape index (κ2) is 3.23. The van der Waals surface area contributed by atoms with E-state index in [1.165, 1.54) is 0 Å². The molecule has 2 N–H and O–H groups in total. The zero-order valence-corrected chi connectivity index (χ0v) is 7.50. The molecule has 0 fully saturated rings. The molecule has 1 aromatic heterocycles. The molecule has 0 atom stereocenters. The van der Waals surface area contributed by atoms with Gasteiger partial charge in [0.2, 0.25) is 0 Å². The average molecular weight is 231 g/mol. The van der Waals surface area contributed by atoms with Crippen molar-refractivity contribution in [2.75, 3.05) is 5.73 Å². The van der Waals surface area contributed by atoms with Crippen molar-refractivity contribution in [1.29, 1.82) is 0 Å². The number of nitrogen functional groups attached to an aromatic ring is 1. The van der Waals surface area contributed by atoms with Crippen LogP contribution in [0.15, 0.2) is 6.07 Å². The van der Waals surface area contributed by atoms with Gasteiger partial charge in [0.05, 0.1) is 5.02 Å². The van der Waals surface area contributed by atoms with Gasteiger partial charge in [-0.2, -0.15) is 13.2 Å². The molecule has 0 aliphatic heterocycles. The number of alkyl halides is 3. The molecule has 0 saturated heterocycles. The lowest BCUT2D eigenvalue weighted by Crippen LogP contribution is -2.09. The van der Waals surface area contributed by atoms with E-state index in [1.54, 1.807) is 0 Å². The summed E-state index contributed by atoms with van der Waals surface area (Å²) >= 11 is 10.5. The number of nitrogens with two attached hydrogens (primary N) is 1. The quantitative estimate of drug-likeness (QED) is 0.697. The van der Waals surface area contributed by atoms with Gasteiger partial charge in [-0.3, -0.25) is 0 Å². The van der Waals surface area contributed by atoms with Gasteiger partial charge in [0.15, 0.2) is 0 Å². The first-order valence-electron chi connectivity index (χ1n) is 3.01. The molecule has 0 amide bonds. The molecular formula is C6H3Cl2F3N2. The van der Waals surface area contributed by atoms with Crippen LogP contribution in [0.4, 0.5) is 19.0 Å². The third-order valence-electron chi connectivity index (χ3n) is 1.23. The van der Waals surface area contributed by atoms with Gasteiger partial charge in [-0.05, 0) is 6.07 Å². The second-order valence-electron chi connectivity index (χ2n) is 2.19. The Balaban J connectivity index is 3.38. The number of nitrogens with zero attached hydrogens (tertiary/aromatic N) is 1. The maximum atomic E-state index is 12.2. The van der Waals surface area contributed by atoms with E-state index in [4.69, 9.17) is 28.9 Å². The number of rotatable bonds is 0. The first-order chi connectivity index (χ1) is 5.82. The van der Waals surface area contributed by atoms with Crippen molar-refractivity contribution >= 4 is 29.0 Å². The summed E-state index contributed by atoms with van der Waals surface area (Å²) in [7, 11) is 0. The van der Waals surface area contributed by atoms with Gasteiger partial charge in [-0.1, -0.05) is 23.2 Å². The van der Waals surface area contributed by atoms with Crippen LogP contribution in [0.2, 0.25) is 10.2 Å². The van der Waals surface area contributed by atoms with Crippen molar-refractivity contribution in [3.05, 3.63) is 21.8 Å². The van der Waals surface area contributed by atoms with Crippen LogP contribution in [-0.2, 0) is 6.18 Å². The lowest BCUT2D eigenvalue weighted by molar-refractivity contribution is -0.137. The molecule has 13 heavy (non-hydrogen) atoms. The van der Waals surface area contributed by atoms with Gasteiger partial charge >= 0.3 is 6.18 Å². The third kappa shape index (κ3) is 2.16. The summed E-state index contributed by atoms with van der Waals surface area (Å²) in [5.41, 5.74) is 3.96. The van der Waals surface area contributed by atoms with Crippen LogP contribution in [0.25, 0.3) is 0 Å². The van der Waals surface area contributed by atoms with Gasteiger partial charge < -0.3 is 5.73 Å². The van der Waals surface area contributed by atoms with Gasteiger partial charge in [0.25, 0.3) is 0 Å². The Kier molecular flexibility index (Phi) is 2.58. The zero-order valence-electron chi connectivity index (χ0n) is 5.99. The maximum absolute atomic E-state index is 12.2. The maximum Gasteiger partial charge on any atom is 0.420 e. The minimum atomic E-state index is -4.62. The van der Waals surface area contributed by atoms with E-state index in [0.29, 0.717) is 0 Å². The Hall–Kier alpha value is -0.680. The highest BCUT2D eigenvalue weighted by Gasteiger charge is 2.36. The smallest absolute Gasteiger partial charge is 0.384 e. The summed E-state index contributed by atoms with van der Waals surface area (Å²) in [4.78, 5) is 3.24. The molecule has 0 radical (unpaired) electrons. The molecule has 0 unspecified atom stereocenters. The molecule has 7 heteroatoms. The fourth-order valence-corrected chi connectivity index (χ4v) is 1.42. The minimum absolute atomic E-state index is 0.150. The number of anilines is 1. The van der Waals surface area contributed by atoms with E-state index >= 15 is 0 Å². The molecular weight excluding hydrogens is 228 g/mol. The molecule has 0 aliphatic carbocycles. The summed E-state index contributed by atoms with van der Waals surface area (Å²) in [6.45, 7) is 0. The predicted molar refractivity (Wildman–Crippen MR) is 43.7 cm³/mol. The van der Waals surface area contributed by atoms with E-state index in [1.807, 2.05) is 0 Å². The van der Waals surface area contributed by atoms with E-state index in [-0.39, 0.29) is 5.82 Å². The molecule has 1 rings (SSSR count). The first-order valence-corrected chi connectivity index (χ1v) is 3.76. The van der Waals surface area contributed by atoms with Gasteiger partial charge in [-0.25, -0.2) is 4.98 Å². The lowest BCUT2D eigenvalue weighted by atomic mass is 10.3. The number of aromatic nitrogens is 1. The van der Waals surface area contributed by atoms with Crippen molar-refractivity contribution in [1.82, 2.24) is 4.98 Å². The highest BCUT2D eigenvalue weighted by molar-refractivity contribution is 6.35. The van der Waals surface area contributed by atoms with E-state index in [9.17, 15) is 13.2 Å². The number of pyridine rings is 1. The summed E-state index contributed by atoms with van der Waals surface area (Å²) in [5.74, 6) is -0.150. The fourth-order valence-electron chi connectivity index (χ4n) is 0.754. The summed E-state index contributed by atoms with van der Waals surface area (Å²) < 4.78 is 36.6. The van der Waals surface area contributed by atoms with Crippen molar-refractivity contribution in [2.45, 2.75) is 6.18 Å². The third-order valence-corrected chi connectivity index (χ3v) is 1.80. The summed E-state index contributed by atoms with van der Waals surface area (Å²) in [5, 5.41) is -1.29. The normalized spacial score (nSPS) is 11.8. The SMILES string of the molecule is Nc1cc(Cl)c(C(F)(F)F)c(Cl)n1. The van der Waals surface area contributed by atoms with Crippen LogP contribution in [0, 0.1) is 0 Å². The van der Waals surface area contributed by atoms with Crippen LogP contribution in [0.3, 0.4) is 0 Å². The molecule has 1 aromatic rings. The second-order valence-corrected chi connectivity index (χ2v) is 2.96. The van der Waals surface area contributed by atoms with E-state index in [2.05, 4.69) is 4.98 Å². The Bertz CT molecular complexity index is 314. The van der Waals surface area contributed by atoms with Crippen LogP contribution in [-0.4, -0.2) is 4.98 Å². The molecule has 0 spiro atoms. The van der Waals surface area contributed by atoms with Crippen molar-refractivity contribution in [2.24, 2.45) is 0 Å². The largest absolute Gasteiger partial charge is 0.420 e. The molecule has 0 aromatic carbocycles. The summed E-state index contributed by atoms with van der Waals surface area (Å²) in [6.07, 6.45) is -4.62. The molecule has 2 nitrogen and oxygen atoms in total. The number of halogens is 5. The fraction of sp³-hybridized carbons (Fsp3) is 0.167. The van der Waals surface area contributed by atoms with Crippen molar-refractivity contribution in [3.8, 4) is 0 Å². The average Bonchev–Trinajstić information content (AvgIpc) is 1.78. The Morgan fingerprint density at radius 1 is 1.31 bits per heavy atom. The highest BCUT2D eigenvalue weighted by Crippen LogP contribution is 2.39. The van der Waals surface area contributed by atoms with E-state index < -0.39 is 21.9 Å². The number of hydrogen-bond acceptors (Lipinski definition) is 2. The highest BCUT2D eigenvalue weighted by atomic mass is 35.5. The molecule has 0 saturated carbocycles. The minimum Gasteiger partial charge on any atom is -0.384 e. The molecule has 0 aliphatic rings. The topological polar surface area (TPSA) is 38.9 Å². The Morgan fingerprint density at radius 3 is 2.23 bits per heavy atom. The molecule has 0 bridgehead atoms. The number of hydrogen-bond donors (Lipinski definition) is 1. The van der Waals surface area contributed by atoms with Crippen LogP contribution < -0.4 is 5.73 Å². The molecule has 1 heterocycles. The van der Waals surface area contributed by atoms with Crippen LogP contribution >= 0.6 is 23.2 Å². The zero-order chi connectivity index (χ0) is 10.2. The van der Waals surface area contributed by atoms with E-state index in [0.717, 1.165) is 6.07 Å². The Labute approximate surface area is 81.5 Å². The van der Waals surface area contributed by atoms with Crippen LogP contribution in [0.5, 0.6) is 0 Å². The summed E-state index contributed by atoms with van der Waals surface area (Å²) in [6, 6.07) is 0.899. The first kappa shape index (κ1) is 10.4. The standard InChI is InChI=1S/C6H3Cl2F3N2/c7-2-1-3(12)13-5(8)4(2)6(9,10)11/h1H,(H2,12,13). The van der Waals surface area contributed by atoms with Crippen LogP contribution in [0.1, 0.15) is 5.56 Å². The molecule has 72 valence electrons. The van der Waals surface area contributed by atoms with Crippen molar-refractivity contribution in [3.63, 3.8) is 0 Å². The monoisotopic (exact) mass is 230 g/mol.